The summed E-state index contributed by atoms with van der Waals surface area (Å²) in [4.78, 5) is 40.3. The van der Waals surface area contributed by atoms with Crippen LogP contribution in [0.5, 0.6) is 0 Å². The Labute approximate surface area is 157 Å². The first kappa shape index (κ1) is 17.3. The van der Waals surface area contributed by atoms with Crippen molar-refractivity contribution in [1.29, 1.82) is 0 Å². The van der Waals surface area contributed by atoms with Gasteiger partial charge in [0, 0.05) is 43.0 Å². The van der Waals surface area contributed by atoms with Gasteiger partial charge in [0.25, 0.3) is 0 Å². The molecule has 138 valence electrons. The fourth-order valence-corrected chi connectivity index (χ4v) is 3.66. The van der Waals surface area contributed by atoms with Crippen LogP contribution in [0.2, 0.25) is 0 Å². The van der Waals surface area contributed by atoms with Crippen molar-refractivity contribution in [2.45, 2.75) is 19.3 Å². The Morgan fingerprint density at radius 2 is 1.70 bits per heavy atom. The van der Waals surface area contributed by atoms with E-state index in [0.29, 0.717) is 25.2 Å². The zero-order chi connectivity index (χ0) is 18.8. The molecule has 0 radical (unpaired) electrons. The zero-order valence-electron chi connectivity index (χ0n) is 14.9. The molecule has 0 bridgehead atoms. The summed E-state index contributed by atoms with van der Waals surface area (Å²) in [5, 5.41) is 2.90. The van der Waals surface area contributed by atoms with Gasteiger partial charge in [-0.05, 0) is 36.8 Å². The monoisotopic (exact) mass is 363 g/mol. The quantitative estimate of drug-likeness (QED) is 0.908. The minimum absolute atomic E-state index is 0.0437. The second-order valence-corrected chi connectivity index (χ2v) is 6.93. The van der Waals surface area contributed by atoms with Gasteiger partial charge in [-0.25, -0.2) is 0 Å². The summed E-state index contributed by atoms with van der Waals surface area (Å²) < 4.78 is 0. The number of hydrogen-bond acceptors (Lipinski definition) is 3. The zero-order valence-corrected chi connectivity index (χ0v) is 14.9. The number of benzene rings is 2. The van der Waals surface area contributed by atoms with Gasteiger partial charge in [-0.3, -0.25) is 14.4 Å². The lowest BCUT2D eigenvalue weighted by molar-refractivity contribution is -0.122. The Kier molecular flexibility index (Phi) is 4.62. The van der Waals surface area contributed by atoms with E-state index in [0.717, 1.165) is 17.8 Å². The number of nitrogens with zero attached hydrogens (tertiary/aromatic N) is 2. The van der Waals surface area contributed by atoms with E-state index >= 15 is 0 Å². The number of hydrogen-bond donors (Lipinski definition) is 1. The van der Waals surface area contributed by atoms with E-state index in [1.165, 1.54) is 0 Å². The molecule has 2 saturated heterocycles. The fourth-order valence-electron chi connectivity index (χ4n) is 3.66. The highest BCUT2D eigenvalue weighted by Gasteiger charge is 2.35. The Morgan fingerprint density at radius 1 is 0.926 bits per heavy atom. The van der Waals surface area contributed by atoms with Gasteiger partial charge >= 0.3 is 0 Å². The molecule has 1 N–H and O–H groups in total. The largest absolute Gasteiger partial charge is 0.326 e. The summed E-state index contributed by atoms with van der Waals surface area (Å²) in [5.74, 6) is -0.502. The van der Waals surface area contributed by atoms with Gasteiger partial charge in [-0.1, -0.05) is 24.3 Å². The van der Waals surface area contributed by atoms with Gasteiger partial charge in [-0.2, -0.15) is 0 Å². The second-order valence-electron chi connectivity index (χ2n) is 6.93. The van der Waals surface area contributed by atoms with Gasteiger partial charge in [0.05, 0.1) is 5.92 Å². The molecule has 2 fully saturated rings. The predicted octanol–water partition coefficient (Wildman–Crippen LogP) is 2.81. The fraction of sp³-hybridized carbons (Fsp3) is 0.286. The lowest BCUT2D eigenvalue weighted by Crippen LogP contribution is -2.28. The Morgan fingerprint density at radius 3 is 2.44 bits per heavy atom. The molecule has 6 heteroatoms. The van der Waals surface area contributed by atoms with E-state index in [9.17, 15) is 14.4 Å². The van der Waals surface area contributed by atoms with Crippen molar-refractivity contribution >= 4 is 34.8 Å². The topological polar surface area (TPSA) is 69.7 Å². The lowest BCUT2D eigenvalue weighted by Gasteiger charge is -2.18. The van der Waals surface area contributed by atoms with Crippen LogP contribution in [0.25, 0.3) is 0 Å². The molecule has 2 aliphatic heterocycles. The van der Waals surface area contributed by atoms with Crippen LogP contribution in [0.4, 0.5) is 17.1 Å². The molecule has 0 saturated carbocycles. The average molecular weight is 363 g/mol. The Bertz CT molecular complexity index is 881. The molecule has 1 atom stereocenters. The van der Waals surface area contributed by atoms with Crippen molar-refractivity contribution in [1.82, 2.24) is 0 Å². The third-order valence-electron chi connectivity index (χ3n) is 5.06. The lowest BCUT2D eigenvalue weighted by atomic mass is 10.1. The smallest absolute Gasteiger partial charge is 0.229 e. The second kappa shape index (κ2) is 7.23. The molecule has 2 aromatic carbocycles. The molecule has 4 rings (SSSR count). The number of amides is 3. The Hall–Kier alpha value is -3.15. The molecular weight excluding hydrogens is 342 g/mol. The first-order chi connectivity index (χ1) is 13.1. The molecule has 6 nitrogen and oxygen atoms in total. The highest BCUT2D eigenvalue weighted by atomic mass is 16.2. The van der Waals surface area contributed by atoms with Crippen molar-refractivity contribution < 1.29 is 14.4 Å². The summed E-state index contributed by atoms with van der Waals surface area (Å²) in [6.07, 6.45) is 1.62. The van der Waals surface area contributed by atoms with Crippen LogP contribution >= 0.6 is 0 Å². The molecular formula is C21H21N3O3. The van der Waals surface area contributed by atoms with Crippen LogP contribution in [0, 0.1) is 5.92 Å². The maximum atomic E-state index is 12.7. The number of carbonyl (C=O) groups is 3. The maximum Gasteiger partial charge on any atom is 0.229 e. The normalized spacial score (nSPS) is 19.6. The van der Waals surface area contributed by atoms with Crippen molar-refractivity contribution in [3.8, 4) is 0 Å². The van der Waals surface area contributed by atoms with Crippen LogP contribution in [0.3, 0.4) is 0 Å². The highest BCUT2D eigenvalue weighted by molar-refractivity contribution is 6.04. The number of carbonyl (C=O) groups excluding carboxylic acids is 3. The van der Waals surface area contributed by atoms with Gasteiger partial charge in [0.2, 0.25) is 17.7 Å². The average Bonchev–Trinajstić information content (AvgIpc) is 3.28. The maximum absolute atomic E-state index is 12.7. The van der Waals surface area contributed by atoms with Gasteiger partial charge in [0.15, 0.2) is 0 Å². The molecule has 1 unspecified atom stereocenters. The third-order valence-corrected chi connectivity index (χ3v) is 5.06. The van der Waals surface area contributed by atoms with Crippen LogP contribution in [-0.2, 0) is 14.4 Å². The summed E-state index contributed by atoms with van der Waals surface area (Å²) in [7, 11) is 0. The van der Waals surface area contributed by atoms with Crippen LogP contribution in [-0.4, -0.2) is 30.8 Å². The first-order valence-electron chi connectivity index (χ1n) is 9.18. The third kappa shape index (κ3) is 3.56. The van der Waals surface area contributed by atoms with E-state index in [1.807, 2.05) is 48.5 Å². The number of rotatable bonds is 4. The standard InChI is InChI=1S/C21H21N3O3/c25-19-10-5-11-23(19)18-9-4-6-16(13-18)22-21(27)15-12-20(26)24(14-15)17-7-2-1-3-8-17/h1-4,6-9,13,15H,5,10-12,14H2,(H,22,27). The number of anilines is 3. The first-order valence-corrected chi connectivity index (χ1v) is 9.18. The van der Waals surface area contributed by atoms with E-state index in [-0.39, 0.29) is 24.1 Å². The molecule has 0 aromatic heterocycles. The molecule has 0 spiro atoms. The van der Waals surface area contributed by atoms with Crippen molar-refractivity contribution in [2.75, 3.05) is 28.2 Å². The van der Waals surface area contributed by atoms with Crippen LogP contribution in [0.1, 0.15) is 19.3 Å². The van der Waals surface area contributed by atoms with E-state index in [4.69, 9.17) is 0 Å². The van der Waals surface area contributed by atoms with Crippen molar-refractivity contribution in [3.63, 3.8) is 0 Å². The van der Waals surface area contributed by atoms with Gasteiger partial charge < -0.3 is 15.1 Å². The van der Waals surface area contributed by atoms with Crippen LogP contribution in [0.15, 0.2) is 54.6 Å². The minimum atomic E-state index is -0.394. The molecule has 3 amide bonds. The van der Waals surface area contributed by atoms with Crippen molar-refractivity contribution in [3.05, 3.63) is 54.6 Å². The summed E-state index contributed by atoms with van der Waals surface area (Å²) in [6.45, 7) is 1.08. The molecule has 0 aliphatic carbocycles. The summed E-state index contributed by atoms with van der Waals surface area (Å²) in [5.41, 5.74) is 2.25. The SMILES string of the molecule is O=C(Nc1cccc(N2CCCC2=O)c1)C1CC(=O)N(c2ccccc2)C1. The molecule has 2 aliphatic rings. The highest BCUT2D eigenvalue weighted by Crippen LogP contribution is 2.27. The summed E-state index contributed by atoms with van der Waals surface area (Å²) in [6, 6.07) is 16.7. The van der Waals surface area contributed by atoms with Crippen LogP contribution < -0.4 is 15.1 Å². The van der Waals surface area contributed by atoms with Gasteiger partial charge in [0.1, 0.15) is 0 Å². The molecule has 27 heavy (non-hydrogen) atoms. The van der Waals surface area contributed by atoms with Gasteiger partial charge in [-0.15, -0.1) is 0 Å². The summed E-state index contributed by atoms with van der Waals surface area (Å²) >= 11 is 0. The van der Waals surface area contributed by atoms with E-state index in [1.54, 1.807) is 15.9 Å². The van der Waals surface area contributed by atoms with E-state index < -0.39 is 5.92 Å². The predicted molar refractivity (Wildman–Crippen MR) is 104 cm³/mol. The minimum Gasteiger partial charge on any atom is -0.326 e. The molecule has 2 aromatic rings. The van der Waals surface area contributed by atoms with Crippen molar-refractivity contribution in [2.24, 2.45) is 5.92 Å². The number of nitrogens with one attached hydrogen (secondary N) is 1. The number of para-hydroxylation sites is 1. The Balaban J connectivity index is 1.44. The molecule has 2 heterocycles. The van der Waals surface area contributed by atoms with E-state index in [2.05, 4.69) is 5.32 Å².